The zero-order valence-electron chi connectivity index (χ0n) is 20.2. The summed E-state index contributed by atoms with van der Waals surface area (Å²) in [5.41, 5.74) is 8.52. The lowest BCUT2D eigenvalue weighted by Crippen LogP contribution is -2.48. The zero-order valence-corrected chi connectivity index (χ0v) is 20.2. The largest absolute Gasteiger partial charge is 0.478 e. The Balaban J connectivity index is 1.68. The van der Waals surface area contributed by atoms with Crippen LogP contribution in [-0.4, -0.2) is 28.9 Å². The number of nitrogens with two attached hydrogens (primary N) is 1. The number of carbonyl (C=O) groups excluding carboxylic acids is 2. The fourth-order valence-electron chi connectivity index (χ4n) is 4.70. The van der Waals surface area contributed by atoms with Gasteiger partial charge in [0.15, 0.2) is 0 Å². The van der Waals surface area contributed by atoms with E-state index in [2.05, 4.69) is 5.32 Å². The van der Waals surface area contributed by atoms with Gasteiger partial charge in [-0.1, -0.05) is 103 Å². The van der Waals surface area contributed by atoms with Crippen LogP contribution >= 0.6 is 0 Å². The monoisotopic (exact) mass is 492 g/mol. The lowest BCUT2D eigenvalue weighted by atomic mass is 9.67. The molecule has 0 radical (unpaired) electrons. The summed E-state index contributed by atoms with van der Waals surface area (Å²) in [5.74, 6) is -2.03. The summed E-state index contributed by atoms with van der Waals surface area (Å²) in [6, 6.07) is 34.7. The third kappa shape index (κ3) is 5.76. The molecule has 4 rings (SSSR count). The minimum absolute atomic E-state index is 0.0484. The predicted molar refractivity (Wildman–Crippen MR) is 142 cm³/mol. The first-order valence-electron chi connectivity index (χ1n) is 12.0. The van der Waals surface area contributed by atoms with E-state index in [0.29, 0.717) is 5.56 Å². The highest BCUT2D eigenvalue weighted by molar-refractivity contribution is 5.89. The van der Waals surface area contributed by atoms with Crippen molar-refractivity contribution in [2.24, 2.45) is 5.73 Å². The van der Waals surface area contributed by atoms with Crippen LogP contribution in [-0.2, 0) is 21.4 Å². The molecule has 0 unspecified atom stereocenters. The Hall–Kier alpha value is -4.71. The molecule has 4 N–H and O–H groups in total. The van der Waals surface area contributed by atoms with Crippen LogP contribution in [0.25, 0.3) is 0 Å². The quantitative estimate of drug-likeness (QED) is 0.286. The third-order valence-electron chi connectivity index (χ3n) is 6.54. The maximum atomic E-state index is 13.6. The van der Waals surface area contributed by atoms with Crippen molar-refractivity contribution in [3.63, 3.8) is 0 Å². The number of carbonyl (C=O) groups is 3. The third-order valence-corrected chi connectivity index (χ3v) is 6.54. The lowest BCUT2D eigenvalue weighted by Gasteiger charge is -2.36. The van der Waals surface area contributed by atoms with Crippen molar-refractivity contribution in [3.8, 4) is 0 Å². The van der Waals surface area contributed by atoms with Gasteiger partial charge >= 0.3 is 5.97 Å². The Morgan fingerprint density at radius 1 is 0.703 bits per heavy atom. The van der Waals surface area contributed by atoms with Gasteiger partial charge in [-0.3, -0.25) is 9.59 Å². The Morgan fingerprint density at radius 2 is 1.14 bits per heavy atom. The fourth-order valence-corrected chi connectivity index (χ4v) is 4.70. The van der Waals surface area contributed by atoms with Gasteiger partial charge in [-0.15, -0.1) is 0 Å². The molecule has 0 saturated carbocycles. The SMILES string of the molecule is NC(=O)[C@H](Cc1ccc(C(=O)O)cc1)NC(=O)CC(c1ccccc1)(c1ccccc1)c1ccccc1. The molecule has 0 aliphatic heterocycles. The van der Waals surface area contributed by atoms with Crippen molar-refractivity contribution in [2.75, 3.05) is 0 Å². The summed E-state index contributed by atoms with van der Waals surface area (Å²) in [6.07, 6.45) is 0.197. The molecule has 2 amide bonds. The maximum Gasteiger partial charge on any atom is 0.335 e. The van der Waals surface area contributed by atoms with Crippen LogP contribution in [0.4, 0.5) is 0 Å². The minimum atomic E-state index is -1.04. The molecule has 4 aromatic carbocycles. The van der Waals surface area contributed by atoms with E-state index in [0.717, 1.165) is 16.7 Å². The highest BCUT2D eigenvalue weighted by Crippen LogP contribution is 2.42. The van der Waals surface area contributed by atoms with Crippen LogP contribution in [0, 0.1) is 0 Å². The second kappa shape index (κ2) is 11.4. The van der Waals surface area contributed by atoms with Crippen LogP contribution in [0.1, 0.15) is 39.0 Å². The Labute approximate surface area is 215 Å². The summed E-state index contributed by atoms with van der Waals surface area (Å²) in [4.78, 5) is 37.1. The molecule has 0 saturated heterocycles. The highest BCUT2D eigenvalue weighted by Gasteiger charge is 2.39. The van der Waals surface area contributed by atoms with Gasteiger partial charge in [0.2, 0.25) is 11.8 Å². The number of hydrogen-bond acceptors (Lipinski definition) is 3. The molecule has 0 heterocycles. The van der Waals surface area contributed by atoms with Crippen molar-refractivity contribution < 1.29 is 19.5 Å². The van der Waals surface area contributed by atoms with Gasteiger partial charge in [-0.25, -0.2) is 4.79 Å². The van der Waals surface area contributed by atoms with Crippen LogP contribution in [0.2, 0.25) is 0 Å². The molecule has 0 aliphatic carbocycles. The molecule has 186 valence electrons. The molecule has 0 spiro atoms. The average Bonchev–Trinajstić information content (AvgIpc) is 2.93. The lowest BCUT2D eigenvalue weighted by molar-refractivity contribution is -0.127. The Kier molecular flexibility index (Phi) is 7.79. The number of hydrogen-bond donors (Lipinski definition) is 3. The van der Waals surface area contributed by atoms with E-state index in [1.807, 2.05) is 91.0 Å². The smallest absolute Gasteiger partial charge is 0.335 e. The average molecular weight is 493 g/mol. The van der Waals surface area contributed by atoms with Gasteiger partial charge in [0.05, 0.1) is 11.0 Å². The van der Waals surface area contributed by atoms with E-state index in [-0.39, 0.29) is 24.3 Å². The van der Waals surface area contributed by atoms with Crippen LogP contribution < -0.4 is 11.1 Å². The van der Waals surface area contributed by atoms with Gasteiger partial charge in [0.25, 0.3) is 0 Å². The molecule has 0 bridgehead atoms. The Bertz CT molecular complexity index is 1260. The molecule has 6 heteroatoms. The number of aromatic carboxylic acids is 1. The highest BCUT2D eigenvalue weighted by atomic mass is 16.4. The van der Waals surface area contributed by atoms with Crippen molar-refractivity contribution in [2.45, 2.75) is 24.3 Å². The molecule has 6 nitrogen and oxygen atoms in total. The second-order valence-corrected chi connectivity index (χ2v) is 8.91. The van der Waals surface area contributed by atoms with Crippen molar-refractivity contribution in [1.82, 2.24) is 5.32 Å². The van der Waals surface area contributed by atoms with Gasteiger partial charge in [0.1, 0.15) is 6.04 Å². The molecule has 1 atom stereocenters. The second-order valence-electron chi connectivity index (χ2n) is 8.91. The Morgan fingerprint density at radius 3 is 1.51 bits per heavy atom. The first kappa shape index (κ1) is 25.4. The summed E-state index contributed by atoms with van der Waals surface area (Å²) in [5, 5.41) is 12.0. The summed E-state index contributed by atoms with van der Waals surface area (Å²) >= 11 is 0. The topological polar surface area (TPSA) is 109 Å². The number of amides is 2. The number of benzene rings is 4. The number of rotatable bonds is 10. The normalized spacial score (nSPS) is 11.9. The van der Waals surface area contributed by atoms with E-state index >= 15 is 0 Å². The van der Waals surface area contributed by atoms with E-state index < -0.39 is 23.3 Å². The van der Waals surface area contributed by atoms with E-state index in [1.54, 1.807) is 12.1 Å². The standard InChI is InChI=1S/C31H28N2O4/c32-29(35)27(20-22-16-18-23(19-17-22)30(36)37)33-28(34)21-31(24-10-4-1-5-11-24,25-12-6-2-7-13-25)26-14-8-3-9-15-26/h1-19,27H,20-21H2,(H2,32,35)(H,33,34)(H,36,37)/t27-/m0/s1. The van der Waals surface area contributed by atoms with Crippen molar-refractivity contribution >= 4 is 17.8 Å². The molecule has 0 fully saturated rings. The maximum absolute atomic E-state index is 13.6. The van der Waals surface area contributed by atoms with Gasteiger partial charge in [0, 0.05) is 12.8 Å². The van der Waals surface area contributed by atoms with Crippen molar-refractivity contribution in [3.05, 3.63) is 143 Å². The summed E-state index contributed by atoms with van der Waals surface area (Å²) in [6.45, 7) is 0. The molecule has 4 aromatic rings. The fraction of sp³-hybridized carbons (Fsp3) is 0.129. The number of nitrogens with one attached hydrogen (secondary N) is 1. The van der Waals surface area contributed by atoms with Crippen LogP contribution in [0.3, 0.4) is 0 Å². The van der Waals surface area contributed by atoms with Crippen LogP contribution in [0.5, 0.6) is 0 Å². The number of carboxylic acids is 1. The zero-order chi connectivity index (χ0) is 26.3. The molecular formula is C31H28N2O4. The van der Waals surface area contributed by atoms with Gasteiger partial charge in [-0.2, -0.15) is 0 Å². The summed E-state index contributed by atoms with van der Waals surface area (Å²) in [7, 11) is 0. The van der Waals surface area contributed by atoms with E-state index in [1.165, 1.54) is 12.1 Å². The van der Waals surface area contributed by atoms with E-state index in [4.69, 9.17) is 10.8 Å². The first-order valence-corrected chi connectivity index (χ1v) is 12.0. The number of carboxylic acid groups (broad SMARTS) is 1. The molecule has 0 aliphatic rings. The minimum Gasteiger partial charge on any atom is -0.478 e. The molecule has 37 heavy (non-hydrogen) atoms. The van der Waals surface area contributed by atoms with Gasteiger partial charge < -0.3 is 16.2 Å². The van der Waals surface area contributed by atoms with Gasteiger partial charge in [-0.05, 0) is 34.4 Å². The van der Waals surface area contributed by atoms with Crippen molar-refractivity contribution in [1.29, 1.82) is 0 Å². The van der Waals surface area contributed by atoms with Crippen LogP contribution in [0.15, 0.2) is 115 Å². The molecular weight excluding hydrogens is 464 g/mol. The number of primary amides is 1. The summed E-state index contributed by atoms with van der Waals surface area (Å²) < 4.78 is 0. The first-order chi connectivity index (χ1) is 17.9. The molecule has 0 aromatic heterocycles. The van der Waals surface area contributed by atoms with E-state index in [9.17, 15) is 14.4 Å². The predicted octanol–water partition coefficient (Wildman–Crippen LogP) is 4.32.